The Labute approximate surface area is 178 Å². The molecule has 0 fully saturated rings. The van der Waals surface area contributed by atoms with Crippen molar-refractivity contribution in [1.82, 2.24) is 25.0 Å². The Balaban J connectivity index is 1.73. The molecule has 9 heteroatoms. The van der Waals surface area contributed by atoms with Crippen LogP contribution in [0.5, 0.6) is 17.5 Å². The SMILES string of the molecule is CCOCn1nnc(-c2ccc(F)cc2)c1-c1ccnc(Oc2cccc(OC)c2)n1. The number of benzene rings is 2. The van der Waals surface area contributed by atoms with Crippen molar-refractivity contribution in [2.45, 2.75) is 13.7 Å². The van der Waals surface area contributed by atoms with Crippen LogP contribution in [0.2, 0.25) is 0 Å². The molecular formula is C22H20FN5O3. The quantitative estimate of drug-likeness (QED) is 0.418. The molecule has 0 bridgehead atoms. The van der Waals surface area contributed by atoms with Gasteiger partial charge in [-0.2, -0.15) is 4.98 Å². The molecule has 4 aromatic rings. The molecule has 158 valence electrons. The second-order valence-electron chi connectivity index (χ2n) is 6.42. The molecule has 0 aliphatic rings. The molecule has 2 aromatic heterocycles. The number of rotatable bonds is 8. The van der Waals surface area contributed by atoms with Crippen molar-refractivity contribution in [2.75, 3.05) is 13.7 Å². The summed E-state index contributed by atoms with van der Waals surface area (Å²) in [5, 5.41) is 8.47. The maximum absolute atomic E-state index is 13.4. The lowest BCUT2D eigenvalue weighted by Gasteiger charge is -2.10. The fraction of sp³-hybridized carbons (Fsp3) is 0.182. The third kappa shape index (κ3) is 4.67. The smallest absolute Gasteiger partial charge is 0.322 e. The summed E-state index contributed by atoms with van der Waals surface area (Å²) in [6.07, 6.45) is 1.59. The lowest BCUT2D eigenvalue weighted by Crippen LogP contribution is -2.07. The lowest BCUT2D eigenvalue weighted by atomic mass is 10.1. The van der Waals surface area contributed by atoms with E-state index in [9.17, 15) is 4.39 Å². The summed E-state index contributed by atoms with van der Waals surface area (Å²) in [4.78, 5) is 8.73. The van der Waals surface area contributed by atoms with E-state index in [1.165, 1.54) is 12.1 Å². The summed E-state index contributed by atoms with van der Waals surface area (Å²) >= 11 is 0. The van der Waals surface area contributed by atoms with Crippen LogP contribution in [0, 0.1) is 5.82 Å². The third-order valence-electron chi connectivity index (χ3n) is 4.40. The maximum Gasteiger partial charge on any atom is 0.322 e. The van der Waals surface area contributed by atoms with Crippen molar-refractivity contribution in [3.05, 3.63) is 66.6 Å². The molecule has 0 spiro atoms. The van der Waals surface area contributed by atoms with Crippen LogP contribution in [0.4, 0.5) is 4.39 Å². The van der Waals surface area contributed by atoms with Crippen molar-refractivity contribution in [1.29, 1.82) is 0 Å². The van der Waals surface area contributed by atoms with Crippen molar-refractivity contribution in [2.24, 2.45) is 0 Å². The average molecular weight is 421 g/mol. The monoisotopic (exact) mass is 421 g/mol. The van der Waals surface area contributed by atoms with Gasteiger partial charge >= 0.3 is 6.01 Å². The Morgan fingerprint density at radius 2 is 1.84 bits per heavy atom. The van der Waals surface area contributed by atoms with Crippen LogP contribution in [0.25, 0.3) is 22.6 Å². The molecule has 0 amide bonds. The fourth-order valence-corrected chi connectivity index (χ4v) is 2.93. The molecular weight excluding hydrogens is 401 g/mol. The first kappa shape index (κ1) is 20.4. The van der Waals surface area contributed by atoms with Crippen LogP contribution in [-0.4, -0.2) is 38.7 Å². The van der Waals surface area contributed by atoms with Gasteiger partial charge in [0, 0.05) is 24.4 Å². The van der Waals surface area contributed by atoms with Gasteiger partial charge in [0.25, 0.3) is 0 Å². The first-order chi connectivity index (χ1) is 15.2. The highest BCUT2D eigenvalue weighted by molar-refractivity contribution is 5.76. The number of aromatic nitrogens is 5. The van der Waals surface area contributed by atoms with E-state index < -0.39 is 0 Å². The predicted octanol–water partition coefficient (Wildman–Crippen LogP) is 4.34. The highest BCUT2D eigenvalue weighted by Crippen LogP contribution is 2.31. The van der Waals surface area contributed by atoms with Crippen molar-refractivity contribution in [3.63, 3.8) is 0 Å². The van der Waals surface area contributed by atoms with Gasteiger partial charge in [-0.1, -0.05) is 11.3 Å². The predicted molar refractivity (Wildman–Crippen MR) is 111 cm³/mol. The molecule has 0 saturated heterocycles. The Bertz CT molecular complexity index is 1160. The van der Waals surface area contributed by atoms with Gasteiger partial charge in [0.15, 0.2) is 0 Å². The van der Waals surface area contributed by atoms with Crippen LogP contribution in [0.3, 0.4) is 0 Å². The molecule has 31 heavy (non-hydrogen) atoms. The molecule has 0 aliphatic heterocycles. The van der Waals surface area contributed by atoms with E-state index in [0.29, 0.717) is 40.8 Å². The topological polar surface area (TPSA) is 84.2 Å². The van der Waals surface area contributed by atoms with Gasteiger partial charge in [0.1, 0.15) is 35.4 Å². The minimum absolute atomic E-state index is 0.153. The lowest BCUT2D eigenvalue weighted by molar-refractivity contribution is 0.0790. The Kier molecular flexibility index (Phi) is 6.13. The van der Waals surface area contributed by atoms with Crippen LogP contribution in [-0.2, 0) is 11.5 Å². The first-order valence-corrected chi connectivity index (χ1v) is 9.60. The normalized spacial score (nSPS) is 10.8. The van der Waals surface area contributed by atoms with E-state index in [1.807, 2.05) is 19.1 Å². The highest BCUT2D eigenvalue weighted by atomic mass is 19.1. The largest absolute Gasteiger partial charge is 0.497 e. The molecule has 0 saturated carbocycles. The summed E-state index contributed by atoms with van der Waals surface area (Å²) in [5.74, 6) is 0.866. The number of methoxy groups -OCH3 is 1. The number of nitrogens with zero attached hydrogens (tertiary/aromatic N) is 5. The zero-order chi connectivity index (χ0) is 21.6. The van der Waals surface area contributed by atoms with E-state index in [-0.39, 0.29) is 18.6 Å². The van der Waals surface area contributed by atoms with Gasteiger partial charge in [-0.05, 0) is 49.4 Å². The van der Waals surface area contributed by atoms with Gasteiger partial charge < -0.3 is 14.2 Å². The van der Waals surface area contributed by atoms with Gasteiger partial charge in [-0.15, -0.1) is 5.10 Å². The second kappa shape index (κ2) is 9.31. The standard InChI is InChI=1S/C22H20FN5O3/c1-3-30-14-28-21(20(26-27-28)15-7-9-16(23)10-8-15)19-11-12-24-22(25-19)31-18-6-4-5-17(13-18)29-2/h4-13H,3,14H2,1-2H3. The summed E-state index contributed by atoms with van der Waals surface area (Å²) < 4.78 is 31.5. The summed E-state index contributed by atoms with van der Waals surface area (Å²) in [6.45, 7) is 2.59. The van der Waals surface area contributed by atoms with Crippen molar-refractivity contribution in [3.8, 4) is 40.2 Å². The average Bonchev–Trinajstić information content (AvgIpc) is 3.22. The molecule has 0 aliphatic carbocycles. The zero-order valence-electron chi connectivity index (χ0n) is 17.0. The van der Waals surface area contributed by atoms with E-state index in [2.05, 4.69) is 20.3 Å². The first-order valence-electron chi connectivity index (χ1n) is 9.60. The summed E-state index contributed by atoms with van der Waals surface area (Å²) in [7, 11) is 1.58. The molecule has 2 aromatic carbocycles. The number of hydrogen-bond acceptors (Lipinski definition) is 7. The van der Waals surface area contributed by atoms with Gasteiger partial charge in [0.2, 0.25) is 0 Å². The van der Waals surface area contributed by atoms with E-state index in [1.54, 1.807) is 48.3 Å². The van der Waals surface area contributed by atoms with Gasteiger partial charge in [-0.3, -0.25) is 0 Å². The molecule has 2 heterocycles. The van der Waals surface area contributed by atoms with Crippen LogP contribution in [0.1, 0.15) is 6.92 Å². The van der Waals surface area contributed by atoms with Crippen molar-refractivity contribution < 1.29 is 18.6 Å². The molecule has 0 radical (unpaired) electrons. The van der Waals surface area contributed by atoms with Crippen LogP contribution >= 0.6 is 0 Å². The summed E-state index contributed by atoms with van der Waals surface area (Å²) in [5.41, 5.74) is 2.40. The van der Waals surface area contributed by atoms with Gasteiger partial charge in [0.05, 0.1) is 12.8 Å². The van der Waals surface area contributed by atoms with Gasteiger partial charge in [-0.25, -0.2) is 14.1 Å². The minimum Gasteiger partial charge on any atom is -0.497 e. The van der Waals surface area contributed by atoms with E-state index in [0.717, 1.165) is 0 Å². The summed E-state index contributed by atoms with van der Waals surface area (Å²) in [6, 6.07) is 15.1. The number of ether oxygens (including phenoxy) is 3. The second-order valence-corrected chi connectivity index (χ2v) is 6.42. The molecule has 0 N–H and O–H groups in total. The fourth-order valence-electron chi connectivity index (χ4n) is 2.93. The number of hydrogen-bond donors (Lipinski definition) is 0. The highest BCUT2D eigenvalue weighted by Gasteiger charge is 2.19. The third-order valence-corrected chi connectivity index (χ3v) is 4.40. The molecule has 0 atom stereocenters. The maximum atomic E-state index is 13.4. The van der Waals surface area contributed by atoms with Crippen LogP contribution < -0.4 is 9.47 Å². The molecule has 8 nitrogen and oxygen atoms in total. The van der Waals surface area contributed by atoms with E-state index in [4.69, 9.17) is 14.2 Å². The molecule has 4 rings (SSSR count). The Hall–Kier alpha value is -3.85. The Morgan fingerprint density at radius 1 is 1.03 bits per heavy atom. The minimum atomic E-state index is -0.331. The number of halogens is 1. The Morgan fingerprint density at radius 3 is 2.61 bits per heavy atom. The molecule has 0 unspecified atom stereocenters. The zero-order valence-corrected chi connectivity index (χ0v) is 17.0. The van der Waals surface area contributed by atoms with E-state index >= 15 is 0 Å². The van der Waals surface area contributed by atoms with Crippen LogP contribution in [0.15, 0.2) is 60.8 Å². The van der Waals surface area contributed by atoms with Crippen molar-refractivity contribution >= 4 is 0 Å².